The Balaban J connectivity index is 2.10. The second-order valence-electron chi connectivity index (χ2n) is 4.41. The molecule has 0 saturated carbocycles. The summed E-state index contributed by atoms with van der Waals surface area (Å²) in [5, 5.41) is 2.16. The number of imidazole rings is 1. The normalized spacial score (nSPS) is 21.0. The number of nitrogens with zero attached hydrogens (tertiary/aromatic N) is 2. The number of hydrogen-bond donors (Lipinski definition) is 1. The van der Waals surface area contributed by atoms with E-state index in [9.17, 15) is 4.79 Å². The van der Waals surface area contributed by atoms with Crippen molar-refractivity contribution in [3.05, 3.63) is 34.7 Å². The third-order valence-electron chi connectivity index (χ3n) is 3.19. The van der Waals surface area contributed by atoms with E-state index in [-0.39, 0.29) is 11.1 Å². The van der Waals surface area contributed by atoms with Crippen LogP contribution in [0.3, 0.4) is 0 Å². The van der Waals surface area contributed by atoms with Gasteiger partial charge in [-0.1, -0.05) is 12.1 Å². The molecule has 0 amide bonds. The van der Waals surface area contributed by atoms with Crippen LogP contribution in [0.2, 0.25) is 0 Å². The van der Waals surface area contributed by atoms with Gasteiger partial charge in [-0.05, 0) is 25.0 Å². The van der Waals surface area contributed by atoms with Crippen LogP contribution < -0.4 is 10.7 Å². The van der Waals surface area contributed by atoms with Crippen LogP contribution >= 0.6 is 11.6 Å². The summed E-state index contributed by atoms with van der Waals surface area (Å²) in [5.74, 6) is 0. The summed E-state index contributed by atoms with van der Waals surface area (Å²) in [6.07, 6.45) is 2.05. The number of nitrogens with one attached hydrogen (secondary N) is 1. The minimum atomic E-state index is -0.0861. The zero-order valence-electron chi connectivity index (χ0n) is 9.40. The molecule has 2 aromatic rings. The van der Waals surface area contributed by atoms with Crippen LogP contribution in [0, 0.1) is 0 Å². The molecule has 1 N–H and O–H groups in total. The summed E-state index contributed by atoms with van der Waals surface area (Å²) >= 11 is 6.16. The minimum absolute atomic E-state index is 0.0861. The molecular formula is C12H14ClN3O. The van der Waals surface area contributed by atoms with Gasteiger partial charge in [0.1, 0.15) is 0 Å². The van der Waals surface area contributed by atoms with E-state index in [0.29, 0.717) is 0 Å². The highest BCUT2D eigenvalue weighted by Gasteiger charge is 2.20. The molecule has 0 aliphatic carbocycles. The summed E-state index contributed by atoms with van der Waals surface area (Å²) in [7, 11) is 0. The maximum atomic E-state index is 12.0. The van der Waals surface area contributed by atoms with Gasteiger partial charge < -0.3 is 9.99 Å². The van der Waals surface area contributed by atoms with Crippen molar-refractivity contribution in [2.24, 2.45) is 0 Å². The molecule has 4 nitrogen and oxygen atoms in total. The van der Waals surface area contributed by atoms with Crippen molar-refractivity contribution >= 4 is 22.6 Å². The number of aromatic amines is 1. The van der Waals surface area contributed by atoms with Crippen LogP contribution in [0.4, 0.5) is 0 Å². The highest BCUT2D eigenvalue weighted by molar-refractivity contribution is 6.20. The summed E-state index contributed by atoms with van der Waals surface area (Å²) in [4.78, 5) is 14.8. The summed E-state index contributed by atoms with van der Waals surface area (Å²) < 4.78 is 1.71. The second kappa shape index (κ2) is 4.11. The Morgan fingerprint density at radius 2 is 2.18 bits per heavy atom. The number of para-hydroxylation sites is 2. The lowest BCUT2D eigenvalue weighted by Gasteiger charge is -2.31. The van der Waals surface area contributed by atoms with Gasteiger partial charge in [-0.15, -0.1) is 11.6 Å². The van der Waals surface area contributed by atoms with Crippen LogP contribution in [0.5, 0.6) is 0 Å². The van der Waals surface area contributed by atoms with Crippen LogP contribution in [0.1, 0.15) is 12.8 Å². The second-order valence-corrected chi connectivity index (χ2v) is 5.03. The molecule has 1 aliphatic heterocycles. The predicted molar refractivity (Wildman–Crippen MR) is 69.4 cm³/mol. The van der Waals surface area contributed by atoms with E-state index in [4.69, 9.17) is 11.6 Å². The first-order valence-electron chi connectivity index (χ1n) is 5.85. The van der Waals surface area contributed by atoms with E-state index < -0.39 is 0 Å². The van der Waals surface area contributed by atoms with Gasteiger partial charge in [-0.2, -0.15) is 0 Å². The first kappa shape index (κ1) is 10.7. The largest absolute Gasteiger partial charge is 0.345 e. The fourth-order valence-electron chi connectivity index (χ4n) is 2.41. The summed E-state index contributed by atoms with van der Waals surface area (Å²) in [5.41, 5.74) is 1.70. The lowest BCUT2D eigenvalue weighted by Crippen LogP contribution is -2.47. The zero-order valence-corrected chi connectivity index (χ0v) is 10.2. The minimum Gasteiger partial charge on any atom is -0.307 e. The number of alkyl halides is 1. The van der Waals surface area contributed by atoms with Crippen molar-refractivity contribution in [2.75, 3.05) is 18.1 Å². The van der Waals surface area contributed by atoms with Crippen LogP contribution in [0.15, 0.2) is 29.1 Å². The topological polar surface area (TPSA) is 41.0 Å². The molecule has 1 unspecified atom stereocenters. The fraction of sp³-hybridized carbons (Fsp3) is 0.417. The zero-order chi connectivity index (χ0) is 11.8. The molecule has 1 fully saturated rings. The number of piperidine rings is 1. The van der Waals surface area contributed by atoms with E-state index in [1.807, 2.05) is 29.3 Å². The van der Waals surface area contributed by atoms with Gasteiger partial charge in [0.2, 0.25) is 0 Å². The number of benzene rings is 1. The molecule has 2 heterocycles. The maximum Gasteiger partial charge on any atom is 0.345 e. The van der Waals surface area contributed by atoms with E-state index in [1.54, 1.807) is 4.68 Å². The van der Waals surface area contributed by atoms with Crippen molar-refractivity contribution in [2.45, 2.75) is 18.2 Å². The van der Waals surface area contributed by atoms with E-state index in [2.05, 4.69) is 4.98 Å². The Morgan fingerprint density at radius 3 is 3.00 bits per heavy atom. The average Bonchev–Trinajstić information content (AvgIpc) is 2.64. The number of aromatic nitrogens is 2. The molecule has 1 aliphatic rings. The van der Waals surface area contributed by atoms with Crippen molar-refractivity contribution in [1.29, 1.82) is 0 Å². The molecule has 0 spiro atoms. The first-order valence-corrected chi connectivity index (χ1v) is 6.28. The van der Waals surface area contributed by atoms with Crippen molar-refractivity contribution in [3.8, 4) is 0 Å². The highest BCUT2D eigenvalue weighted by Crippen LogP contribution is 2.16. The van der Waals surface area contributed by atoms with Gasteiger partial charge >= 0.3 is 5.69 Å². The van der Waals surface area contributed by atoms with Crippen molar-refractivity contribution in [3.63, 3.8) is 0 Å². The third-order valence-corrected chi connectivity index (χ3v) is 3.55. The molecule has 1 aromatic carbocycles. The fourth-order valence-corrected chi connectivity index (χ4v) is 2.72. The Kier molecular flexibility index (Phi) is 2.59. The monoisotopic (exact) mass is 251 g/mol. The van der Waals surface area contributed by atoms with Gasteiger partial charge in [0.15, 0.2) is 0 Å². The molecule has 1 atom stereocenters. The SMILES string of the molecule is O=c1[nH]c2ccccc2n1N1CCCC(Cl)C1. The van der Waals surface area contributed by atoms with Crippen molar-refractivity contribution in [1.82, 2.24) is 9.66 Å². The molecule has 0 radical (unpaired) electrons. The number of halogens is 1. The summed E-state index contributed by atoms with van der Waals surface area (Å²) in [6.45, 7) is 1.61. The number of H-pyrrole nitrogens is 1. The molecular weight excluding hydrogens is 238 g/mol. The smallest absolute Gasteiger partial charge is 0.307 e. The highest BCUT2D eigenvalue weighted by atomic mass is 35.5. The molecule has 1 aromatic heterocycles. The standard InChI is InChI=1S/C12H14ClN3O/c13-9-4-3-7-15(8-9)16-11-6-2-1-5-10(11)14-12(16)17/h1-2,5-6,9H,3-4,7-8H2,(H,14,17). The molecule has 17 heavy (non-hydrogen) atoms. The molecule has 90 valence electrons. The predicted octanol–water partition coefficient (Wildman–Crippen LogP) is 1.67. The third kappa shape index (κ3) is 1.82. The number of hydrogen-bond acceptors (Lipinski definition) is 2. The first-order chi connectivity index (χ1) is 8.25. The Hall–Kier alpha value is -1.42. The van der Waals surface area contributed by atoms with E-state index in [1.165, 1.54) is 0 Å². The Bertz CT molecular complexity index is 589. The van der Waals surface area contributed by atoms with Gasteiger partial charge in [0.05, 0.1) is 23.0 Å². The Morgan fingerprint density at radius 1 is 1.35 bits per heavy atom. The van der Waals surface area contributed by atoms with Gasteiger partial charge in [0, 0.05) is 6.54 Å². The van der Waals surface area contributed by atoms with E-state index >= 15 is 0 Å². The van der Waals surface area contributed by atoms with E-state index in [0.717, 1.165) is 37.0 Å². The lowest BCUT2D eigenvalue weighted by molar-refractivity contribution is 0.483. The molecule has 3 rings (SSSR count). The molecule has 5 heteroatoms. The molecule has 0 bridgehead atoms. The van der Waals surface area contributed by atoms with Crippen molar-refractivity contribution < 1.29 is 0 Å². The quantitative estimate of drug-likeness (QED) is 0.784. The summed E-state index contributed by atoms with van der Waals surface area (Å²) in [6, 6.07) is 7.72. The van der Waals surface area contributed by atoms with Gasteiger partial charge in [0.25, 0.3) is 0 Å². The van der Waals surface area contributed by atoms with Gasteiger partial charge in [-0.3, -0.25) is 0 Å². The number of fused-ring (bicyclic) bond motifs is 1. The lowest BCUT2D eigenvalue weighted by atomic mass is 10.1. The van der Waals surface area contributed by atoms with Crippen LogP contribution in [0.25, 0.3) is 11.0 Å². The number of rotatable bonds is 1. The Labute approximate surface area is 104 Å². The molecule has 1 saturated heterocycles. The maximum absolute atomic E-state index is 12.0. The van der Waals surface area contributed by atoms with Crippen LogP contribution in [-0.2, 0) is 0 Å². The van der Waals surface area contributed by atoms with Gasteiger partial charge in [-0.25, -0.2) is 9.47 Å². The van der Waals surface area contributed by atoms with Crippen LogP contribution in [-0.4, -0.2) is 28.1 Å². The average molecular weight is 252 g/mol.